The zero-order chi connectivity index (χ0) is 16.4. The van der Waals surface area contributed by atoms with Gasteiger partial charge >= 0.3 is 0 Å². The van der Waals surface area contributed by atoms with Crippen LogP contribution in [-0.2, 0) is 4.79 Å². The summed E-state index contributed by atoms with van der Waals surface area (Å²) in [5, 5.41) is 12.0. The van der Waals surface area contributed by atoms with Crippen molar-refractivity contribution in [2.24, 2.45) is 0 Å². The van der Waals surface area contributed by atoms with Crippen LogP contribution >= 0.6 is 0 Å². The standard InChI is InChI=1S/C18H27N3O2/c1-13-4-5-16-14(10-13)15-12-20(2)8-6-17(15)21(16)18(23)11-19-7-3-9-22/h4-5,10,15,17,19,22H,3,6-9,11-12H2,1-2H3/t15-,17+/m0/s1. The minimum absolute atomic E-state index is 0.144. The maximum Gasteiger partial charge on any atom is 0.241 e. The van der Waals surface area contributed by atoms with E-state index >= 15 is 0 Å². The van der Waals surface area contributed by atoms with Gasteiger partial charge in [-0.15, -0.1) is 0 Å². The third-order valence-electron chi connectivity index (χ3n) is 5.01. The van der Waals surface area contributed by atoms with Gasteiger partial charge in [0.1, 0.15) is 0 Å². The molecule has 2 aliphatic heterocycles. The molecular formula is C18H27N3O2. The van der Waals surface area contributed by atoms with Gasteiger partial charge < -0.3 is 20.2 Å². The molecule has 1 amide bonds. The Labute approximate surface area is 138 Å². The Bertz CT molecular complexity index is 575. The molecule has 3 rings (SSSR count). The number of nitrogens with zero attached hydrogens (tertiary/aromatic N) is 2. The molecule has 2 heterocycles. The fraction of sp³-hybridized carbons (Fsp3) is 0.611. The van der Waals surface area contributed by atoms with Crippen molar-refractivity contribution in [2.45, 2.75) is 31.7 Å². The van der Waals surface area contributed by atoms with Gasteiger partial charge in [-0.3, -0.25) is 4.79 Å². The van der Waals surface area contributed by atoms with Crippen molar-refractivity contribution in [3.8, 4) is 0 Å². The number of aliphatic hydroxyl groups excluding tert-OH is 1. The monoisotopic (exact) mass is 317 g/mol. The quantitative estimate of drug-likeness (QED) is 0.799. The van der Waals surface area contributed by atoms with Gasteiger partial charge in [0, 0.05) is 30.8 Å². The van der Waals surface area contributed by atoms with Gasteiger partial charge in [0.2, 0.25) is 5.91 Å². The minimum atomic E-state index is 0.144. The smallest absolute Gasteiger partial charge is 0.241 e. The summed E-state index contributed by atoms with van der Waals surface area (Å²) < 4.78 is 0. The third kappa shape index (κ3) is 3.27. The lowest BCUT2D eigenvalue weighted by Gasteiger charge is -2.36. The first kappa shape index (κ1) is 16.4. The lowest BCUT2D eigenvalue weighted by atomic mass is 9.89. The van der Waals surface area contributed by atoms with Gasteiger partial charge in [-0.05, 0) is 51.5 Å². The van der Waals surface area contributed by atoms with E-state index in [1.165, 1.54) is 11.1 Å². The Morgan fingerprint density at radius 1 is 1.43 bits per heavy atom. The fourth-order valence-corrected chi connectivity index (χ4v) is 3.89. The van der Waals surface area contributed by atoms with Crippen molar-refractivity contribution in [1.29, 1.82) is 0 Å². The van der Waals surface area contributed by atoms with Crippen LogP contribution in [-0.4, -0.2) is 61.8 Å². The molecular weight excluding hydrogens is 290 g/mol. The summed E-state index contributed by atoms with van der Waals surface area (Å²) in [7, 11) is 2.16. The van der Waals surface area contributed by atoms with Crippen molar-refractivity contribution in [3.05, 3.63) is 29.3 Å². The van der Waals surface area contributed by atoms with Crippen molar-refractivity contribution < 1.29 is 9.90 Å². The largest absolute Gasteiger partial charge is 0.396 e. The second kappa shape index (κ2) is 6.99. The number of carbonyl (C=O) groups excluding carboxylic acids is 1. The average Bonchev–Trinajstić information content (AvgIpc) is 2.84. The van der Waals surface area contributed by atoms with Gasteiger partial charge in [0.15, 0.2) is 0 Å². The van der Waals surface area contributed by atoms with Crippen LogP contribution in [0.5, 0.6) is 0 Å². The number of rotatable bonds is 5. The SMILES string of the molecule is Cc1ccc2c(c1)[C@@H]1CN(C)CC[C@H]1N2C(=O)CNCCCO. The first-order valence-electron chi connectivity index (χ1n) is 8.54. The molecule has 0 bridgehead atoms. The normalized spacial score (nSPS) is 23.7. The fourth-order valence-electron chi connectivity index (χ4n) is 3.89. The number of hydrogen-bond donors (Lipinski definition) is 2. The number of anilines is 1. The van der Waals surface area contributed by atoms with Crippen LogP contribution in [0.4, 0.5) is 5.69 Å². The summed E-state index contributed by atoms with van der Waals surface area (Å²) in [4.78, 5) is 17.2. The van der Waals surface area contributed by atoms with Gasteiger partial charge in [-0.1, -0.05) is 17.7 Å². The highest BCUT2D eigenvalue weighted by Crippen LogP contribution is 2.44. The van der Waals surface area contributed by atoms with E-state index in [1.54, 1.807) is 0 Å². The minimum Gasteiger partial charge on any atom is -0.396 e. The van der Waals surface area contributed by atoms with E-state index in [0.29, 0.717) is 25.4 Å². The van der Waals surface area contributed by atoms with Crippen LogP contribution in [0.15, 0.2) is 18.2 Å². The van der Waals surface area contributed by atoms with Gasteiger partial charge in [0.05, 0.1) is 6.54 Å². The van der Waals surface area contributed by atoms with E-state index < -0.39 is 0 Å². The summed E-state index contributed by atoms with van der Waals surface area (Å²) in [5.74, 6) is 0.565. The Hall–Kier alpha value is -1.43. The Morgan fingerprint density at radius 2 is 2.26 bits per heavy atom. The number of benzene rings is 1. The number of amides is 1. The zero-order valence-corrected chi connectivity index (χ0v) is 14.1. The van der Waals surface area contributed by atoms with Crippen molar-refractivity contribution in [2.75, 3.05) is 44.7 Å². The molecule has 5 heteroatoms. The number of aryl methyl sites for hydroxylation is 1. The molecule has 1 aromatic rings. The molecule has 2 atom stereocenters. The lowest BCUT2D eigenvalue weighted by molar-refractivity contribution is -0.118. The summed E-state index contributed by atoms with van der Waals surface area (Å²) in [6.45, 7) is 5.34. The molecule has 23 heavy (non-hydrogen) atoms. The summed E-state index contributed by atoms with van der Waals surface area (Å²) in [6.07, 6.45) is 1.71. The molecule has 0 aliphatic carbocycles. The van der Waals surface area contributed by atoms with Crippen molar-refractivity contribution in [3.63, 3.8) is 0 Å². The van der Waals surface area contributed by atoms with Crippen molar-refractivity contribution >= 4 is 11.6 Å². The lowest BCUT2D eigenvalue weighted by Crippen LogP contribution is -2.49. The maximum absolute atomic E-state index is 12.8. The number of nitrogens with one attached hydrogen (secondary N) is 1. The van der Waals surface area contributed by atoms with Crippen molar-refractivity contribution in [1.82, 2.24) is 10.2 Å². The van der Waals surface area contributed by atoms with E-state index in [9.17, 15) is 4.79 Å². The highest BCUT2D eigenvalue weighted by molar-refractivity contribution is 5.98. The molecule has 1 saturated heterocycles. The molecule has 126 valence electrons. The molecule has 1 fully saturated rings. The van der Waals surface area contributed by atoms with Crippen LogP contribution in [0.1, 0.15) is 29.9 Å². The average molecular weight is 317 g/mol. The highest BCUT2D eigenvalue weighted by atomic mass is 16.3. The van der Waals surface area contributed by atoms with E-state index in [2.05, 4.69) is 42.4 Å². The third-order valence-corrected chi connectivity index (χ3v) is 5.01. The number of likely N-dealkylation sites (tertiary alicyclic amines) is 1. The van der Waals surface area contributed by atoms with Crippen LogP contribution < -0.4 is 10.2 Å². The molecule has 5 nitrogen and oxygen atoms in total. The molecule has 2 aliphatic rings. The summed E-state index contributed by atoms with van der Waals surface area (Å²) in [5.41, 5.74) is 3.67. The van der Waals surface area contributed by atoms with Crippen LogP contribution in [0.25, 0.3) is 0 Å². The molecule has 0 saturated carbocycles. The van der Waals surface area contributed by atoms with Crippen LogP contribution in [0.2, 0.25) is 0 Å². The van der Waals surface area contributed by atoms with Gasteiger partial charge in [-0.25, -0.2) is 0 Å². The number of aliphatic hydroxyl groups is 1. The highest BCUT2D eigenvalue weighted by Gasteiger charge is 2.43. The Balaban J connectivity index is 1.81. The molecule has 0 radical (unpaired) electrons. The topological polar surface area (TPSA) is 55.8 Å². The first-order chi connectivity index (χ1) is 11.1. The molecule has 0 spiro atoms. The summed E-state index contributed by atoms with van der Waals surface area (Å²) >= 11 is 0. The Kier molecular flexibility index (Phi) is 4.99. The number of hydrogen-bond acceptors (Lipinski definition) is 4. The number of likely N-dealkylation sites (N-methyl/N-ethyl adjacent to an activating group) is 1. The van der Waals surface area contributed by atoms with E-state index in [-0.39, 0.29) is 18.6 Å². The number of fused-ring (bicyclic) bond motifs is 3. The maximum atomic E-state index is 12.8. The number of piperidine rings is 1. The predicted octanol–water partition coefficient (Wildman–Crippen LogP) is 1.10. The van der Waals surface area contributed by atoms with Gasteiger partial charge in [-0.2, -0.15) is 0 Å². The second-order valence-corrected chi connectivity index (χ2v) is 6.80. The predicted molar refractivity (Wildman–Crippen MR) is 91.9 cm³/mol. The molecule has 1 aromatic carbocycles. The number of carbonyl (C=O) groups is 1. The molecule has 2 N–H and O–H groups in total. The van der Waals surface area contributed by atoms with Crippen LogP contribution in [0.3, 0.4) is 0 Å². The van der Waals surface area contributed by atoms with E-state index in [0.717, 1.165) is 25.2 Å². The first-order valence-corrected chi connectivity index (χ1v) is 8.54. The van der Waals surface area contributed by atoms with Gasteiger partial charge in [0.25, 0.3) is 0 Å². The zero-order valence-electron chi connectivity index (χ0n) is 14.1. The molecule has 0 unspecified atom stereocenters. The Morgan fingerprint density at radius 3 is 3.04 bits per heavy atom. The van der Waals surface area contributed by atoms with E-state index in [4.69, 9.17) is 5.11 Å². The summed E-state index contributed by atoms with van der Waals surface area (Å²) in [6, 6.07) is 6.74. The second-order valence-electron chi connectivity index (χ2n) is 6.80. The molecule has 0 aromatic heterocycles. The van der Waals surface area contributed by atoms with E-state index in [1.807, 2.05) is 4.90 Å². The van der Waals surface area contributed by atoms with Crippen LogP contribution in [0, 0.1) is 6.92 Å².